The molecule has 3 heteroatoms. The van der Waals surface area contributed by atoms with Crippen LogP contribution < -0.4 is 0 Å². The van der Waals surface area contributed by atoms with Crippen LogP contribution in [0.25, 0.3) is 0 Å². The van der Waals surface area contributed by atoms with Crippen LogP contribution in [0.5, 0.6) is 0 Å². The molecule has 0 aliphatic carbocycles. The first-order chi connectivity index (χ1) is 4.75. The number of rotatable bonds is 1. The summed E-state index contributed by atoms with van der Waals surface area (Å²) in [7, 11) is 1.78. The van der Waals surface area contributed by atoms with E-state index < -0.39 is 0 Å². The second-order valence-electron chi connectivity index (χ2n) is 2.78. The van der Waals surface area contributed by atoms with Crippen molar-refractivity contribution >= 4 is 5.91 Å². The number of aliphatic hydroxyl groups is 1. The van der Waals surface area contributed by atoms with Crippen molar-refractivity contribution in [3.05, 3.63) is 0 Å². The molecule has 1 heterocycles. The van der Waals surface area contributed by atoms with Crippen molar-refractivity contribution in [2.24, 2.45) is 5.92 Å². The summed E-state index contributed by atoms with van der Waals surface area (Å²) in [5.41, 5.74) is 0. The monoisotopic (exact) mass is 143 g/mol. The van der Waals surface area contributed by atoms with Gasteiger partial charge >= 0.3 is 0 Å². The predicted octanol–water partition coefficient (Wildman–Crippen LogP) is -0.153. The van der Waals surface area contributed by atoms with Gasteiger partial charge in [-0.05, 0) is 12.8 Å². The second kappa shape index (κ2) is 3.01. The highest BCUT2D eigenvalue weighted by molar-refractivity contribution is 5.79. The lowest BCUT2D eigenvalue weighted by Gasteiger charge is -2.27. The lowest BCUT2D eigenvalue weighted by atomic mass is 9.99. The summed E-state index contributed by atoms with van der Waals surface area (Å²) in [6.07, 6.45) is 1.87. The maximum Gasteiger partial charge on any atom is 0.227 e. The van der Waals surface area contributed by atoms with Gasteiger partial charge in [-0.2, -0.15) is 0 Å². The summed E-state index contributed by atoms with van der Waals surface area (Å²) in [6.45, 7) is 0.846. The number of hydrogen-bond donors (Lipinski definition) is 1. The van der Waals surface area contributed by atoms with Gasteiger partial charge in [0.2, 0.25) is 5.91 Å². The molecule has 1 atom stereocenters. The maximum atomic E-state index is 11.1. The summed E-state index contributed by atoms with van der Waals surface area (Å²) in [6, 6.07) is 0. The van der Waals surface area contributed by atoms with Crippen molar-refractivity contribution < 1.29 is 9.90 Å². The number of carbonyl (C=O) groups is 1. The molecule has 0 bridgehead atoms. The molecular formula is C7H13NO2. The highest BCUT2D eigenvalue weighted by Crippen LogP contribution is 2.15. The summed E-state index contributed by atoms with van der Waals surface area (Å²) in [4.78, 5) is 12.8. The van der Waals surface area contributed by atoms with Crippen LogP contribution in [-0.2, 0) is 4.79 Å². The van der Waals surface area contributed by atoms with Crippen molar-refractivity contribution in [2.45, 2.75) is 12.8 Å². The summed E-state index contributed by atoms with van der Waals surface area (Å²) < 4.78 is 0. The summed E-state index contributed by atoms with van der Waals surface area (Å²) >= 11 is 0. The normalized spacial score (nSPS) is 27.2. The zero-order chi connectivity index (χ0) is 7.56. The van der Waals surface area contributed by atoms with E-state index >= 15 is 0 Å². The van der Waals surface area contributed by atoms with Crippen LogP contribution in [0.1, 0.15) is 12.8 Å². The molecule has 0 aromatic carbocycles. The third-order valence-electron chi connectivity index (χ3n) is 1.99. The van der Waals surface area contributed by atoms with Gasteiger partial charge in [0.15, 0.2) is 0 Å². The highest BCUT2D eigenvalue weighted by atomic mass is 16.3. The molecule has 1 rings (SSSR count). The Bertz CT molecular complexity index is 136. The van der Waals surface area contributed by atoms with Crippen LogP contribution in [0, 0.1) is 5.92 Å². The van der Waals surface area contributed by atoms with Gasteiger partial charge in [0.25, 0.3) is 0 Å². The lowest BCUT2D eigenvalue weighted by molar-refractivity contribution is -0.138. The van der Waals surface area contributed by atoms with Gasteiger partial charge in [0.05, 0.1) is 12.5 Å². The van der Waals surface area contributed by atoms with Crippen LogP contribution in [0.15, 0.2) is 0 Å². The molecule has 0 spiro atoms. The number of carbonyl (C=O) groups excluding carboxylic acids is 1. The first-order valence-electron chi connectivity index (χ1n) is 3.61. The fourth-order valence-corrected chi connectivity index (χ4v) is 1.29. The van der Waals surface area contributed by atoms with Crippen LogP contribution in [0.3, 0.4) is 0 Å². The van der Waals surface area contributed by atoms with Gasteiger partial charge in [-0.25, -0.2) is 0 Å². The Morgan fingerprint density at radius 2 is 2.50 bits per heavy atom. The van der Waals surface area contributed by atoms with E-state index in [4.69, 9.17) is 5.11 Å². The van der Waals surface area contributed by atoms with Crippen LogP contribution >= 0.6 is 0 Å². The lowest BCUT2D eigenvalue weighted by Crippen LogP contribution is -2.39. The smallest absolute Gasteiger partial charge is 0.227 e. The van der Waals surface area contributed by atoms with E-state index in [9.17, 15) is 4.79 Å². The van der Waals surface area contributed by atoms with Crippen molar-refractivity contribution in [3.63, 3.8) is 0 Å². The highest BCUT2D eigenvalue weighted by Gasteiger charge is 2.24. The number of nitrogens with zero attached hydrogens (tertiary/aromatic N) is 1. The van der Waals surface area contributed by atoms with E-state index in [-0.39, 0.29) is 18.4 Å². The van der Waals surface area contributed by atoms with E-state index in [0.29, 0.717) is 0 Å². The third-order valence-corrected chi connectivity index (χ3v) is 1.99. The first-order valence-corrected chi connectivity index (χ1v) is 3.61. The molecule has 3 nitrogen and oxygen atoms in total. The van der Waals surface area contributed by atoms with E-state index in [1.807, 2.05) is 0 Å². The number of likely N-dealkylation sites (tertiary alicyclic amines) is 1. The Morgan fingerprint density at radius 3 is 3.00 bits per heavy atom. The van der Waals surface area contributed by atoms with Gasteiger partial charge in [0.1, 0.15) is 0 Å². The van der Waals surface area contributed by atoms with Crippen LogP contribution in [0.4, 0.5) is 0 Å². The Balaban J connectivity index is 2.51. The molecule has 0 aromatic rings. The first kappa shape index (κ1) is 7.54. The molecule has 58 valence electrons. The second-order valence-corrected chi connectivity index (χ2v) is 2.78. The average Bonchev–Trinajstić information content (AvgIpc) is 1.95. The average molecular weight is 143 g/mol. The zero-order valence-electron chi connectivity index (χ0n) is 6.21. The van der Waals surface area contributed by atoms with E-state index in [0.717, 1.165) is 19.4 Å². The zero-order valence-corrected chi connectivity index (χ0v) is 6.21. The van der Waals surface area contributed by atoms with Gasteiger partial charge < -0.3 is 10.0 Å². The summed E-state index contributed by atoms with van der Waals surface area (Å²) in [5, 5.41) is 8.73. The fraction of sp³-hybridized carbons (Fsp3) is 0.857. The standard InChI is InChI=1S/C7H13NO2/c1-8-4-2-3-6(5-9)7(8)10/h6,9H,2-5H2,1H3/t6-/m1/s1. The van der Waals surface area contributed by atoms with Crippen molar-refractivity contribution in [1.82, 2.24) is 4.90 Å². The molecule has 0 radical (unpaired) electrons. The van der Waals surface area contributed by atoms with Crippen molar-refractivity contribution in [2.75, 3.05) is 20.2 Å². The van der Waals surface area contributed by atoms with Crippen LogP contribution in [0.2, 0.25) is 0 Å². The van der Waals surface area contributed by atoms with E-state index in [1.165, 1.54) is 0 Å². The molecule has 1 saturated heterocycles. The number of aliphatic hydroxyl groups excluding tert-OH is 1. The quantitative estimate of drug-likeness (QED) is 0.554. The van der Waals surface area contributed by atoms with Gasteiger partial charge in [-0.1, -0.05) is 0 Å². The van der Waals surface area contributed by atoms with Crippen molar-refractivity contribution in [1.29, 1.82) is 0 Å². The van der Waals surface area contributed by atoms with E-state index in [2.05, 4.69) is 0 Å². The molecule has 1 aliphatic rings. The molecule has 1 N–H and O–H groups in total. The minimum atomic E-state index is -0.126. The summed E-state index contributed by atoms with van der Waals surface area (Å²) in [5.74, 6) is -0.0347. The minimum absolute atomic E-state index is 0.00315. The molecule has 0 unspecified atom stereocenters. The molecule has 10 heavy (non-hydrogen) atoms. The van der Waals surface area contributed by atoms with Gasteiger partial charge in [-0.3, -0.25) is 4.79 Å². The predicted molar refractivity (Wildman–Crippen MR) is 37.4 cm³/mol. The SMILES string of the molecule is CN1CCC[C@H](CO)C1=O. The number of hydrogen-bond acceptors (Lipinski definition) is 2. The number of piperidine rings is 1. The van der Waals surface area contributed by atoms with Gasteiger partial charge in [0, 0.05) is 13.6 Å². The maximum absolute atomic E-state index is 11.1. The Labute approximate surface area is 60.6 Å². The molecule has 1 aliphatic heterocycles. The fourth-order valence-electron chi connectivity index (χ4n) is 1.29. The minimum Gasteiger partial charge on any atom is -0.396 e. The Kier molecular flexibility index (Phi) is 2.27. The van der Waals surface area contributed by atoms with Crippen molar-refractivity contribution in [3.8, 4) is 0 Å². The molecule has 1 amide bonds. The molecule has 0 aromatic heterocycles. The third kappa shape index (κ3) is 1.29. The Hall–Kier alpha value is -0.570. The number of amides is 1. The molecule has 1 fully saturated rings. The van der Waals surface area contributed by atoms with E-state index in [1.54, 1.807) is 11.9 Å². The van der Waals surface area contributed by atoms with Crippen LogP contribution in [-0.4, -0.2) is 36.1 Å². The molecule has 0 saturated carbocycles. The Morgan fingerprint density at radius 1 is 1.80 bits per heavy atom. The largest absolute Gasteiger partial charge is 0.396 e. The molecular weight excluding hydrogens is 130 g/mol. The topological polar surface area (TPSA) is 40.5 Å². The van der Waals surface area contributed by atoms with Gasteiger partial charge in [-0.15, -0.1) is 0 Å².